The van der Waals surface area contributed by atoms with Crippen molar-refractivity contribution in [1.82, 2.24) is 10.2 Å². The molecule has 1 amide bonds. The number of benzene rings is 1. The second-order valence-electron chi connectivity index (χ2n) is 4.01. The highest BCUT2D eigenvalue weighted by Gasteiger charge is 2.14. The largest absolute Gasteiger partial charge is 0.352 e. The minimum atomic E-state index is -0.510. The molecule has 0 spiro atoms. The van der Waals surface area contributed by atoms with Crippen molar-refractivity contribution in [2.75, 3.05) is 27.2 Å². The van der Waals surface area contributed by atoms with Crippen molar-refractivity contribution >= 4 is 21.8 Å². The monoisotopic (exact) mass is 302 g/mol. The van der Waals surface area contributed by atoms with E-state index in [4.69, 9.17) is 0 Å². The zero-order chi connectivity index (χ0) is 12.8. The summed E-state index contributed by atoms with van der Waals surface area (Å²) in [6.07, 6.45) is 0.838. The molecule has 0 aliphatic heterocycles. The fourth-order valence-electron chi connectivity index (χ4n) is 1.40. The summed E-state index contributed by atoms with van der Waals surface area (Å²) in [6, 6.07) is 4.49. The maximum atomic E-state index is 13.4. The average Bonchev–Trinajstić information content (AvgIpc) is 2.24. The number of nitrogens with zero attached hydrogens (tertiary/aromatic N) is 1. The summed E-state index contributed by atoms with van der Waals surface area (Å²) in [4.78, 5) is 13.8. The maximum absolute atomic E-state index is 13.4. The average molecular weight is 303 g/mol. The molecule has 1 N–H and O–H groups in total. The van der Waals surface area contributed by atoms with Crippen LogP contribution in [0, 0.1) is 5.82 Å². The molecule has 0 atom stereocenters. The number of amides is 1. The summed E-state index contributed by atoms with van der Waals surface area (Å²) in [5.41, 5.74) is 0.0670. The minimum Gasteiger partial charge on any atom is -0.352 e. The van der Waals surface area contributed by atoms with Gasteiger partial charge < -0.3 is 10.2 Å². The van der Waals surface area contributed by atoms with E-state index in [1.54, 1.807) is 12.1 Å². The molecule has 94 valence electrons. The van der Waals surface area contributed by atoms with Crippen LogP contribution in [0.4, 0.5) is 4.39 Å². The van der Waals surface area contributed by atoms with Gasteiger partial charge in [0.15, 0.2) is 0 Å². The Morgan fingerprint density at radius 3 is 2.76 bits per heavy atom. The molecule has 0 saturated heterocycles. The van der Waals surface area contributed by atoms with Crippen molar-refractivity contribution in [3.8, 4) is 0 Å². The van der Waals surface area contributed by atoms with Crippen molar-refractivity contribution in [1.29, 1.82) is 0 Å². The van der Waals surface area contributed by atoms with Gasteiger partial charge in [0.1, 0.15) is 5.82 Å². The summed E-state index contributed by atoms with van der Waals surface area (Å²) >= 11 is 3.17. The van der Waals surface area contributed by atoms with Crippen LogP contribution in [-0.4, -0.2) is 38.0 Å². The molecule has 0 radical (unpaired) electrons. The van der Waals surface area contributed by atoms with E-state index >= 15 is 0 Å². The van der Waals surface area contributed by atoms with Gasteiger partial charge >= 0.3 is 0 Å². The quantitative estimate of drug-likeness (QED) is 0.846. The van der Waals surface area contributed by atoms with Crippen molar-refractivity contribution < 1.29 is 9.18 Å². The third-order valence-electron chi connectivity index (χ3n) is 2.26. The highest BCUT2D eigenvalue weighted by Crippen LogP contribution is 2.19. The van der Waals surface area contributed by atoms with Gasteiger partial charge in [-0.3, -0.25) is 4.79 Å². The van der Waals surface area contributed by atoms with Crippen LogP contribution in [0.25, 0.3) is 0 Å². The van der Waals surface area contributed by atoms with Crippen LogP contribution in [0.1, 0.15) is 16.8 Å². The first-order valence-electron chi connectivity index (χ1n) is 5.39. The number of rotatable bonds is 5. The van der Waals surface area contributed by atoms with Crippen molar-refractivity contribution in [2.45, 2.75) is 6.42 Å². The lowest BCUT2D eigenvalue weighted by atomic mass is 10.2. The van der Waals surface area contributed by atoms with Gasteiger partial charge in [0.2, 0.25) is 0 Å². The van der Waals surface area contributed by atoms with E-state index in [1.165, 1.54) is 6.07 Å². The Morgan fingerprint density at radius 2 is 2.18 bits per heavy atom. The number of hydrogen-bond acceptors (Lipinski definition) is 2. The Morgan fingerprint density at radius 1 is 1.47 bits per heavy atom. The van der Waals surface area contributed by atoms with Gasteiger partial charge in [-0.25, -0.2) is 4.39 Å². The first kappa shape index (κ1) is 14.1. The van der Waals surface area contributed by atoms with Crippen LogP contribution in [0.3, 0.4) is 0 Å². The van der Waals surface area contributed by atoms with Crippen molar-refractivity contribution in [2.24, 2.45) is 0 Å². The first-order chi connectivity index (χ1) is 8.02. The molecular formula is C12H16BrFN2O. The molecule has 17 heavy (non-hydrogen) atoms. The predicted octanol–water partition coefficient (Wildman–Crippen LogP) is 2.27. The van der Waals surface area contributed by atoms with Gasteiger partial charge in [0.25, 0.3) is 5.91 Å². The Labute approximate surface area is 109 Å². The van der Waals surface area contributed by atoms with E-state index in [0.29, 0.717) is 11.0 Å². The second-order valence-corrected chi connectivity index (χ2v) is 4.86. The predicted molar refractivity (Wildman–Crippen MR) is 69.6 cm³/mol. The van der Waals surface area contributed by atoms with Gasteiger partial charge in [-0.15, -0.1) is 0 Å². The molecule has 3 nitrogen and oxygen atoms in total. The molecule has 1 rings (SSSR count). The molecular weight excluding hydrogens is 287 g/mol. The number of carbonyl (C=O) groups is 1. The molecule has 0 heterocycles. The van der Waals surface area contributed by atoms with Gasteiger partial charge in [0, 0.05) is 11.0 Å². The summed E-state index contributed by atoms with van der Waals surface area (Å²) in [5.74, 6) is -0.891. The number of nitrogens with one attached hydrogen (secondary N) is 1. The molecule has 0 aromatic heterocycles. The SMILES string of the molecule is CN(C)CCCNC(=O)c1c(F)cccc1Br. The Kier molecular flexibility index (Phi) is 5.58. The lowest BCUT2D eigenvalue weighted by molar-refractivity contribution is 0.0947. The van der Waals surface area contributed by atoms with Crippen LogP contribution >= 0.6 is 15.9 Å². The highest BCUT2D eigenvalue weighted by molar-refractivity contribution is 9.10. The molecule has 0 aliphatic rings. The van der Waals surface area contributed by atoms with Crippen molar-refractivity contribution in [3.05, 3.63) is 34.1 Å². The second kappa shape index (κ2) is 6.71. The normalized spacial score (nSPS) is 10.6. The summed E-state index contributed by atoms with van der Waals surface area (Å²) in [7, 11) is 3.94. The van der Waals surface area contributed by atoms with E-state index in [2.05, 4.69) is 21.2 Å². The van der Waals surface area contributed by atoms with E-state index < -0.39 is 5.82 Å². The Bertz CT molecular complexity index is 376. The zero-order valence-corrected chi connectivity index (χ0v) is 11.6. The van der Waals surface area contributed by atoms with Crippen LogP contribution < -0.4 is 5.32 Å². The molecule has 1 aromatic rings. The Hall–Kier alpha value is -0.940. The number of carbonyl (C=O) groups excluding carboxylic acids is 1. The van der Waals surface area contributed by atoms with Crippen LogP contribution in [0.15, 0.2) is 22.7 Å². The summed E-state index contributed by atoms with van der Waals surface area (Å²) in [6.45, 7) is 1.43. The van der Waals surface area contributed by atoms with E-state index in [-0.39, 0.29) is 11.5 Å². The minimum absolute atomic E-state index is 0.0670. The van der Waals surface area contributed by atoms with E-state index in [9.17, 15) is 9.18 Å². The molecule has 5 heteroatoms. The summed E-state index contributed by atoms with van der Waals surface area (Å²) < 4.78 is 13.9. The fourth-order valence-corrected chi connectivity index (χ4v) is 1.92. The standard InChI is InChI=1S/C12H16BrFN2O/c1-16(2)8-4-7-15-12(17)11-9(13)5-3-6-10(11)14/h3,5-6H,4,7-8H2,1-2H3,(H,15,17). The summed E-state index contributed by atoms with van der Waals surface area (Å²) in [5, 5.41) is 2.70. The molecule has 0 aliphatic carbocycles. The molecule has 0 fully saturated rings. The van der Waals surface area contributed by atoms with Crippen molar-refractivity contribution in [3.63, 3.8) is 0 Å². The topological polar surface area (TPSA) is 32.3 Å². The Balaban J connectivity index is 2.53. The molecule has 0 unspecified atom stereocenters. The lowest BCUT2D eigenvalue weighted by Crippen LogP contribution is -2.28. The molecule has 1 aromatic carbocycles. The number of halogens is 2. The molecule has 0 saturated carbocycles. The smallest absolute Gasteiger partial charge is 0.255 e. The third kappa shape index (κ3) is 4.44. The van der Waals surface area contributed by atoms with Gasteiger partial charge in [-0.05, 0) is 55.1 Å². The highest BCUT2D eigenvalue weighted by atomic mass is 79.9. The van der Waals surface area contributed by atoms with E-state index in [0.717, 1.165) is 13.0 Å². The van der Waals surface area contributed by atoms with E-state index in [1.807, 2.05) is 19.0 Å². The fraction of sp³-hybridized carbons (Fsp3) is 0.417. The van der Waals surface area contributed by atoms with Gasteiger partial charge in [-0.1, -0.05) is 6.07 Å². The lowest BCUT2D eigenvalue weighted by Gasteiger charge is -2.10. The van der Waals surface area contributed by atoms with Crippen LogP contribution in [-0.2, 0) is 0 Å². The van der Waals surface area contributed by atoms with Crippen LogP contribution in [0.2, 0.25) is 0 Å². The van der Waals surface area contributed by atoms with Crippen LogP contribution in [0.5, 0.6) is 0 Å². The maximum Gasteiger partial charge on any atom is 0.255 e. The van der Waals surface area contributed by atoms with Gasteiger partial charge in [0.05, 0.1) is 5.56 Å². The molecule has 0 bridgehead atoms. The van der Waals surface area contributed by atoms with Gasteiger partial charge in [-0.2, -0.15) is 0 Å². The number of hydrogen-bond donors (Lipinski definition) is 1. The third-order valence-corrected chi connectivity index (χ3v) is 2.92. The first-order valence-corrected chi connectivity index (χ1v) is 6.18. The zero-order valence-electron chi connectivity index (χ0n) is 9.96.